The van der Waals surface area contributed by atoms with Gasteiger partial charge in [-0.3, -0.25) is 0 Å². The zero-order valence-electron chi connectivity index (χ0n) is 14.2. The topological polar surface area (TPSA) is 66.5 Å². The average Bonchev–Trinajstić information content (AvgIpc) is 2.72. The molecule has 3 heteroatoms. The molecule has 22 heavy (non-hydrogen) atoms. The van der Waals surface area contributed by atoms with Crippen LogP contribution in [0.4, 0.5) is 0 Å². The molecule has 4 aliphatic carbocycles. The van der Waals surface area contributed by atoms with Gasteiger partial charge in [0.05, 0.1) is 12.2 Å². The number of hydrogen-bond donors (Lipinski definition) is 3. The fraction of sp³-hybridized carbons (Fsp3) is 1.00. The highest BCUT2D eigenvalue weighted by Gasteiger charge is 2.61. The Labute approximate surface area is 134 Å². The molecule has 0 aromatic rings. The van der Waals surface area contributed by atoms with Gasteiger partial charge in [0.1, 0.15) is 0 Å². The zero-order chi connectivity index (χ0) is 15.7. The molecule has 4 aliphatic rings. The Morgan fingerprint density at radius 1 is 0.864 bits per heavy atom. The van der Waals surface area contributed by atoms with Crippen molar-refractivity contribution in [2.75, 3.05) is 0 Å². The molecule has 0 heterocycles. The standard InChI is InChI=1S/C19H33NO2/c1-18-7-5-12(21)9-11(18)3-4-13-14(18)6-8-19(2)15(13)10-16(22)17(19)20/h11-17,21-22H,3-10,20H2,1-2H3/t11?,12-,13+,14-,15-,16+,17-,18-,19-/m0/s1. The summed E-state index contributed by atoms with van der Waals surface area (Å²) in [6, 6.07) is -0.0304. The van der Waals surface area contributed by atoms with Gasteiger partial charge in [-0.1, -0.05) is 13.8 Å². The zero-order valence-corrected chi connectivity index (χ0v) is 14.2. The van der Waals surface area contributed by atoms with Gasteiger partial charge in [0.2, 0.25) is 0 Å². The van der Waals surface area contributed by atoms with Gasteiger partial charge in [0.15, 0.2) is 0 Å². The highest BCUT2D eigenvalue weighted by molar-refractivity contribution is 5.12. The van der Waals surface area contributed by atoms with Crippen molar-refractivity contribution in [3.63, 3.8) is 0 Å². The van der Waals surface area contributed by atoms with Crippen LogP contribution in [0.2, 0.25) is 0 Å². The number of hydrogen-bond acceptors (Lipinski definition) is 3. The first-order valence-electron chi connectivity index (χ1n) is 9.48. The van der Waals surface area contributed by atoms with Gasteiger partial charge < -0.3 is 15.9 Å². The lowest BCUT2D eigenvalue weighted by atomic mass is 9.45. The minimum absolute atomic E-state index is 0.0304. The molecule has 3 nitrogen and oxygen atoms in total. The monoisotopic (exact) mass is 307 g/mol. The molecular weight excluding hydrogens is 274 g/mol. The van der Waals surface area contributed by atoms with Crippen molar-refractivity contribution in [3.8, 4) is 0 Å². The molecular formula is C19H33NO2. The lowest BCUT2D eigenvalue weighted by Gasteiger charge is -2.60. The predicted octanol–water partition coefficient (Wildman–Crippen LogP) is 2.69. The van der Waals surface area contributed by atoms with Crippen LogP contribution in [-0.2, 0) is 0 Å². The van der Waals surface area contributed by atoms with E-state index in [4.69, 9.17) is 5.73 Å². The molecule has 0 bridgehead atoms. The molecule has 4 N–H and O–H groups in total. The normalized spacial score (nSPS) is 61.2. The molecule has 4 saturated carbocycles. The second-order valence-electron chi connectivity index (χ2n) is 9.46. The molecule has 126 valence electrons. The second-order valence-corrected chi connectivity index (χ2v) is 9.46. The summed E-state index contributed by atoms with van der Waals surface area (Å²) in [5.74, 6) is 2.86. The van der Waals surface area contributed by atoms with E-state index in [1.54, 1.807) is 0 Å². The van der Waals surface area contributed by atoms with E-state index in [2.05, 4.69) is 13.8 Å². The van der Waals surface area contributed by atoms with Crippen molar-refractivity contribution >= 4 is 0 Å². The van der Waals surface area contributed by atoms with Gasteiger partial charge in [-0.2, -0.15) is 0 Å². The quantitative estimate of drug-likeness (QED) is 0.644. The molecule has 4 fully saturated rings. The minimum Gasteiger partial charge on any atom is -0.393 e. The van der Waals surface area contributed by atoms with Crippen molar-refractivity contribution in [1.82, 2.24) is 0 Å². The van der Waals surface area contributed by atoms with E-state index in [0.717, 1.165) is 31.1 Å². The van der Waals surface area contributed by atoms with Crippen molar-refractivity contribution in [2.45, 2.75) is 83.5 Å². The number of fused-ring (bicyclic) bond motifs is 5. The van der Waals surface area contributed by atoms with Crippen molar-refractivity contribution < 1.29 is 10.2 Å². The summed E-state index contributed by atoms with van der Waals surface area (Å²) in [6.07, 6.45) is 8.77. The second kappa shape index (κ2) is 4.94. The molecule has 0 radical (unpaired) electrons. The average molecular weight is 307 g/mol. The van der Waals surface area contributed by atoms with Crippen LogP contribution in [0.15, 0.2) is 0 Å². The fourth-order valence-corrected chi connectivity index (χ4v) is 7.29. The summed E-state index contributed by atoms with van der Waals surface area (Å²) in [4.78, 5) is 0. The van der Waals surface area contributed by atoms with E-state index in [1.807, 2.05) is 0 Å². The van der Waals surface area contributed by atoms with E-state index in [9.17, 15) is 10.2 Å². The van der Waals surface area contributed by atoms with Gasteiger partial charge >= 0.3 is 0 Å². The minimum atomic E-state index is -0.299. The van der Waals surface area contributed by atoms with E-state index in [-0.39, 0.29) is 23.7 Å². The highest BCUT2D eigenvalue weighted by atomic mass is 16.3. The molecule has 9 atom stereocenters. The van der Waals surface area contributed by atoms with Crippen molar-refractivity contribution in [2.24, 2.45) is 40.2 Å². The smallest absolute Gasteiger partial charge is 0.0699 e. The van der Waals surface area contributed by atoms with E-state index < -0.39 is 0 Å². The Bertz CT molecular complexity index is 455. The Morgan fingerprint density at radius 2 is 1.59 bits per heavy atom. The van der Waals surface area contributed by atoms with Crippen molar-refractivity contribution in [3.05, 3.63) is 0 Å². The summed E-state index contributed by atoms with van der Waals surface area (Å²) in [7, 11) is 0. The largest absolute Gasteiger partial charge is 0.393 e. The molecule has 0 aromatic heterocycles. The SMILES string of the molecule is C[C@]12CC[C@H]3[C@@H](CCC4C[C@@H](O)CC[C@@]43C)[C@@H]1C[C@@H](O)[C@@H]2N. The maximum atomic E-state index is 10.4. The number of rotatable bonds is 0. The maximum Gasteiger partial charge on any atom is 0.0699 e. The number of aliphatic hydroxyl groups excluding tert-OH is 2. The van der Waals surface area contributed by atoms with Gasteiger partial charge in [-0.05, 0) is 85.9 Å². The summed E-state index contributed by atoms with van der Waals surface area (Å²) < 4.78 is 0. The summed E-state index contributed by atoms with van der Waals surface area (Å²) in [5, 5.41) is 20.4. The van der Waals surface area contributed by atoms with Crippen LogP contribution >= 0.6 is 0 Å². The van der Waals surface area contributed by atoms with Crippen LogP contribution in [0.5, 0.6) is 0 Å². The van der Waals surface area contributed by atoms with Crippen LogP contribution < -0.4 is 5.73 Å². The Balaban J connectivity index is 1.63. The van der Waals surface area contributed by atoms with Crippen LogP contribution in [0, 0.1) is 34.5 Å². The van der Waals surface area contributed by atoms with Gasteiger partial charge in [0.25, 0.3) is 0 Å². The third-order valence-corrected chi connectivity index (χ3v) is 8.75. The first kappa shape index (κ1) is 15.4. The van der Waals surface area contributed by atoms with Crippen LogP contribution in [0.25, 0.3) is 0 Å². The molecule has 0 aromatic carbocycles. The van der Waals surface area contributed by atoms with Gasteiger partial charge in [-0.15, -0.1) is 0 Å². The fourth-order valence-electron chi connectivity index (χ4n) is 7.29. The predicted molar refractivity (Wildman–Crippen MR) is 87.1 cm³/mol. The first-order chi connectivity index (χ1) is 10.4. The van der Waals surface area contributed by atoms with Crippen LogP contribution in [-0.4, -0.2) is 28.5 Å². The Kier molecular flexibility index (Phi) is 3.46. The molecule has 0 saturated heterocycles. The van der Waals surface area contributed by atoms with E-state index in [1.165, 1.54) is 32.1 Å². The lowest BCUT2D eigenvalue weighted by Crippen LogP contribution is -2.55. The van der Waals surface area contributed by atoms with E-state index in [0.29, 0.717) is 17.3 Å². The molecule has 1 unspecified atom stereocenters. The maximum absolute atomic E-state index is 10.4. The summed E-state index contributed by atoms with van der Waals surface area (Å²) in [6.45, 7) is 4.85. The van der Waals surface area contributed by atoms with Gasteiger partial charge in [0, 0.05) is 6.04 Å². The van der Waals surface area contributed by atoms with E-state index >= 15 is 0 Å². The Morgan fingerprint density at radius 3 is 2.36 bits per heavy atom. The molecule has 4 rings (SSSR count). The van der Waals surface area contributed by atoms with Crippen LogP contribution in [0.3, 0.4) is 0 Å². The molecule has 0 spiro atoms. The van der Waals surface area contributed by atoms with Crippen LogP contribution in [0.1, 0.15) is 65.2 Å². The third-order valence-electron chi connectivity index (χ3n) is 8.75. The molecule has 0 amide bonds. The highest BCUT2D eigenvalue weighted by Crippen LogP contribution is 2.65. The first-order valence-corrected chi connectivity index (χ1v) is 9.48. The number of aliphatic hydroxyl groups is 2. The summed E-state index contributed by atoms with van der Waals surface area (Å²) in [5.41, 5.74) is 6.96. The Hall–Kier alpha value is -0.120. The number of nitrogens with two attached hydrogens (primary N) is 1. The van der Waals surface area contributed by atoms with Crippen molar-refractivity contribution in [1.29, 1.82) is 0 Å². The third kappa shape index (κ3) is 1.91. The lowest BCUT2D eigenvalue weighted by molar-refractivity contribution is -0.122. The van der Waals surface area contributed by atoms with Gasteiger partial charge in [-0.25, -0.2) is 0 Å². The molecule has 0 aliphatic heterocycles. The summed E-state index contributed by atoms with van der Waals surface area (Å²) >= 11 is 0.